The zero-order valence-corrected chi connectivity index (χ0v) is 13.6. The first-order chi connectivity index (χ1) is 9.52. The van der Waals surface area contributed by atoms with E-state index in [-0.39, 0.29) is 5.84 Å². The van der Waals surface area contributed by atoms with Crippen molar-refractivity contribution in [2.45, 2.75) is 13.5 Å². The highest BCUT2D eigenvalue weighted by Gasteiger charge is 2.16. The Kier molecular flexibility index (Phi) is 4.61. The van der Waals surface area contributed by atoms with Gasteiger partial charge in [0.15, 0.2) is 5.84 Å². The van der Waals surface area contributed by atoms with E-state index in [9.17, 15) is 0 Å². The molecule has 2 heterocycles. The maximum absolute atomic E-state index is 8.92. The van der Waals surface area contributed by atoms with E-state index in [1.54, 1.807) is 17.5 Å². The molecule has 0 atom stereocenters. The molecular weight excluding hydrogens is 340 g/mol. The predicted octanol–water partition coefficient (Wildman–Crippen LogP) is 2.94. The van der Waals surface area contributed by atoms with E-state index in [1.807, 2.05) is 30.3 Å². The summed E-state index contributed by atoms with van der Waals surface area (Å²) in [5.41, 5.74) is 7.34. The summed E-state index contributed by atoms with van der Waals surface area (Å²) in [7, 11) is 1.93. The molecule has 7 heteroatoms. The zero-order chi connectivity index (χ0) is 14.7. The van der Waals surface area contributed by atoms with Gasteiger partial charge in [-0.1, -0.05) is 5.16 Å². The number of aromatic nitrogens is 1. The minimum Gasteiger partial charge on any atom is -0.409 e. The summed E-state index contributed by atoms with van der Waals surface area (Å²) in [6.45, 7) is 2.62. The van der Waals surface area contributed by atoms with Crippen LogP contribution in [0.4, 0.5) is 5.82 Å². The van der Waals surface area contributed by atoms with Gasteiger partial charge in [0, 0.05) is 28.0 Å². The Balaban J connectivity index is 2.34. The van der Waals surface area contributed by atoms with Crippen molar-refractivity contribution >= 4 is 38.9 Å². The molecule has 0 aromatic carbocycles. The quantitative estimate of drug-likeness (QED) is 0.383. The highest BCUT2D eigenvalue weighted by molar-refractivity contribution is 9.10. The molecule has 0 spiro atoms. The molecule has 2 rings (SSSR count). The number of pyridine rings is 1. The van der Waals surface area contributed by atoms with Gasteiger partial charge in [0.05, 0.1) is 12.1 Å². The van der Waals surface area contributed by atoms with Crippen LogP contribution in [0.1, 0.15) is 16.0 Å². The first-order valence-electron chi connectivity index (χ1n) is 5.90. The smallest absolute Gasteiger partial charge is 0.174 e. The van der Waals surface area contributed by atoms with Crippen molar-refractivity contribution in [3.8, 4) is 0 Å². The van der Waals surface area contributed by atoms with E-state index in [0.29, 0.717) is 17.9 Å². The number of thiophene rings is 1. The van der Waals surface area contributed by atoms with Crippen molar-refractivity contribution in [1.29, 1.82) is 0 Å². The average Bonchev–Trinajstić information content (AvgIpc) is 2.83. The minimum atomic E-state index is 0.0739. The maximum Gasteiger partial charge on any atom is 0.174 e. The molecule has 0 aliphatic carbocycles. The summed E-state index contributed by atoms with van der Waals surface area (Å²) in [4.78, 5) is 7.55. The highest BCUT2D eigenvalue weighted by atomic mass is 79.9. The molecule has 0 aliphatic rings. The molecule has 0 unspecified atom stereocenters. The molecule has 0 amide bonds. The van der Waals surface area contributed by atoms with Gasteiger partial charge in [-0.3, -0.25) is 0 Å². The Labute approximate surface area is 129 Å². The predicted molar refractivity (Wildman–Crippen MR) is 85.6 cm³/mol. The number of hydrogen-bond donors (Lipinski definition) is 2. The molecule has 2 aromatic heterocycles. The van der Waals surface area contributed by atoms with Crippen LogP contribution < -0.4 is 10.6 Å². The number of nitrogens with two attached hydrogens (primary N) is 1. The van der Waals surface area contributed by atoms with Crippen LogP contribution in [0.3, 0.4) is 0 Å². The molecule has 106 valence electrons. The summed E-state index contributed by atoms with van der Waals surface area (Å²) >= 11 is 5.11. The molecule has 0 saturated heterocycles. The van der Waals surface area contributed by atoms with Gasteiger partial charge >= 0.3 is 0 Å². The largest absolute Gasteiger partial charge is 0.409 e. The number of hydrogen-bond acceptors (Lipinski definition) is 5. The second kappa shape index (κ2) is 6.23. The van der Waals surface area contributed by atoms with Crippen molar-refractivity contribution in [2.75, 3.05) is 11.9 Å². The van der Waals surface area contributed by atoms with Gasteiger partial charge in [-0.2, -0.15) is 0 Å². The lowest BCUT2D eigenvalue weighted by Gasteiger charge is -2.21. The summed E-state index contributed by atoms with van der Waals surface area (Å²) in [6, 6.07) is 3.91. The Morgan fingerprint density at radius 2 is 2.35 bits per heavy atom. The molecule has 3 N–H and O–H groups in total. The zero-order valence-electron chi connectivity index (χ0n) is 11.2. The van der Waals surface area contributed by atoms with Gasteiger partial charge in [0.1, 0.15) is 5.82 Å². The van der Waals surface area contributed by atoms with Crippen LogP contribution in [-0.4, -0.2) is 23.1 Å². The normalized spacial score (nSPS) is 11.7. The van der Waals surface area contributed by atoms with Crippen molar-refractivity contribution in [3.05, 3.63) is 44.2 Å². The summed E-state index contributed by atoms with van der Waals surface area (Å²) in [5.74, 6) is 0.773. The van der Waals surface area contributed by atoms with E-state index in [2.05, 4.69) is 32.1 Å². The van der Waals surface area contributed by atoms with E-state index >= 15 is 0 Å². The van der Waals surface area contributed by atoms with Gasteiger partial charge in [-0.15, -0.1) is 11.3 Å². The topological polar surface area (TPSA) is 74.7 Å². The molecule has 20 heavy (non-hydrogen) atoms. The number of nitrogens with zero attached hydrogens (tertiary/aromatic N) is 3. The van der Waals surface area contributed by atoms with E-state index in [1.165, 1.54) is 4.88 Å². The first-order valence-corrected chi connectivity index (χ1v) is 7.57. The fourth-order valence-corrected chi connectivity index (χ4v) is 3.45. The third-order valence-electron chi connectivity index (χ3n) is 2.88. The van der Waals surface area contributed by atoms with Gasteiger partial charge in [-0.05, 0) is 40.5 Å². The molecule has 5 nitrogen and oxygen atoms in total. The Morgan fingerprint density at radius 1 is 1.60 bits per heavy atom. The molecule has 0 aliphatic heterocycles. The van der Waals surface area contributed by atoms with Gasteiger partial charge in [0.2, 0.25) is 0 Å². The van der Waals surface area contributed by atoms with Crippen LogP contribution in [0, 0.1) is 6.92 Å². The van der Waals surface area contributed by atoms with Crippen LogP contribution in [0.5, 0.6) is 0 Å². The lowest BCUT2D eigenvalue weighted by molar-refractivity contribution is 0.318. The molecule has 0 fully saturated rings. The van der Waals surface area contributed by atoms with Crippen LogP contribution in [0.15, 0.2) is 33.3 Å². The summed E-state index contributed by atoms with van der Waals surface area (Å²) in [6.07, 6.45) is 1.72. The maximum atomic E-state index is 8.92. The molecule has 0 radical (unpaired) electrons. The number of amidine groups is 1. The molecule has 0 saturated carbocycles. The van der Waals surface area contributed by atoms with Gasteiger partial charge in [0.25, 0.3) is 0 Å². The highest BCUT2D eigenvalue weighted by Crippen LogP contribution is 2.25. The summed E-state index contributed by atoms with van der Waals surface area (Å²) < 4.78 is 1.07. The number of anilines is 1. The number of rotatable bonds is 4. The van der Waals surface area contributed by atoms with E-state index in [0.717, 1.165) is 10.0 Å². The standard InChI is InChI=1S/C13H15BrN4OS/c1-8-3-4-16-13(11(8)12(15)17-19)18(2)6-10-5-9(14)7-20-10/h3-5,7,19H,6H2,1-2H3,(H2,15,17). The van der Waals surface area contributed by atoms with Gasteiger partial charge in [-0.25, -0.2) is 4.98 Å². The van der Waals surface area contributed by atoms with Crippen LogP contribution in [0.2, 0.25) is 0 Å². The molecule has 0 bridgehead atoms. The van der Waals surface area contributed by atoms with E-state index < -0.39 is 0 Å². The van der Waals surface area contributed by atoms with E-state index in [4.69, 9.17) is 10.9 Å². The first kappa shape index (κ1) is 14.8. The Bertz CT molecular complexity index is 641. The van der Waals surface area contributed by atoms with Crippen molar-refractivity contribution in [1.82, 2.24) is 4.98 Å². The van der Waals surface area contributed by atoms with Crippen LogP contribution in [-0.2, 0) is 6.54 Å². The lowest BCUT2D eigenvalue weighted by atomic mass is 10.1. The van der Waals surface area contributed by atoms with Crippen LogP contribution >= 0.6 is 27.3 Å². The fraction of sp³-hybridized carbons (Fsp3) is 0.231. The van der Waals surface area contributed by atoms with Crippen molar-refractivity contribution in [3.63, 3.8) is 0 Å². The average molecular weight is 355 g/mol. The van der Waals surface area contributed by atoms with Crippen molar-refractivity contribution in [2.24, 2.45) is 10.9 Å². The number of halogens is 1. The Morgan fingerprint density at radius 3 is 2.95 bits per heavy atom. The van der Waals surface area contributed by atoms with Crippen molar-refractivity contribution < 1.29 is 5.21 Å². The monoisotopic (exact) mass is 354 g/mol. The minimum absolute atomic E-state index is 0.0739. The third kappa shape index (κ3) is 3.10. The van der Waals surface area contributed by atoms with Gasteiger partial charge < -0.3 is 15.8 Å². The van der Waals surface area contributed by atoms with Crippen LogP contribution in [0.25, 0.3) is 0 Å². The summed E-state index contributed by atoms with van der Waals surface area (Å²) in [5, 5.41) is 14.1. The molecular formula is C13H15BrN4OS. The Hall–Kier alpha value is -1.60. The number of aryl methyl sites for hydroxylation is 1. The lowest BCUT2D eigenvalue weighted by Crippen LogP contribution is -2.24. The SMILES string of the molecule is Cc1ccnc(N(C)Cc2cc(Br)cs2)c1/C(N)=N/O. The molecule has 2 aromatic rings. The second-order valence-corrected chi connectivity index (χ2v) is 6.31. The third-order valence-corrected chi connectivity index (χ3v) is 4.56. The fourth-order valence-electron chi connectivity index (χ4n) is 1.95. The second-order valence-electron chi connectivity index (χ2n) is 4.40. The number of oxime groups is 1.